The maximum atomic E-state index is 2.57. The van der Waals surface area contributed by atoms with Crippen LogP contribution in [0.15, 0.2) is 206 Å². The molecule has 0 N–H and O–H groups in total. The van der Waals surface area contributed by atoms with Gasteiger partial charge in [-0.3, -0.25) is 0 Å². The van der Waals surface area contributed by atoms with Crippen molar-refractivity contribution in [2.75, 3.05) is 0 Å². The molecule has 0 saturated carbocycles. The average Bonchev–Trinajstić information content (AvgIpc) is 3.81. The summed E-state index contributed by atoms with van der Waals surface area (Å²) >= 11 is 0. The van der Waals surface area contributed by atoms with Gasteiger partial charge < -0.3 is 9.13 Å². The van der Waals surface area contributed by atoms with Crippen molar-refractivity contribution in [3.8, 4) is 33.6 Å². The Labute approximate surface area is 394 Å². The summed E-state index contributed by atoms with van der Waals surface area (Å²) in [5, 5.41) is 20.4. The zero-order chi connectivity index (χ0) is 45.4. The monoisotopic (exact) mass is 866 g/mol. The van der Waals surface area contributed by atoms with Crippen LogP contribution >= 0.6 is 0 Å². The van der Waals surface area contributed by atoms with Gasteiger partial charge in [0.15, 0.2) is 0 Å². The van der Waals surface area contributed by atoms with Gasteiger partial charge in [-0.2, -0.15) is 0 Å². The predicted octanol–water partition coefficient (Wildman–Crippen LogP) is 18.2. The zero-order valence-electron chi connectivity index (χ0n) is 38.5. The van der Waals surface area contributed by atoms with Crippen LogP contribution in [-0.4, -0.2) is 9.13 Å². The van der Waals surface area contributed by atoms with Crippen molar-refractivity contribution in [2.24, 2.45) is 0 Å². The summed E-state index contributed by atoms with van der Waals surface area (Å²) < 4.78 is 5.15. The van der Waals surface area contributed by atoms with Crippen molar-refractivity contribution in [3.05, 3.63) is 229 Å². The molecule has 12 aromatic carbocycles. The molecule has 0 aliphatic carbocycles. The van der Waals surface area contributed by atoms with Crippen LogP contribution < -0.4 is 0 Å². The Morgan fingerprint density at radius 2 is 0.603 bits per heavy atom. The van der Waals surface area contributed by atoms with Gasteiger partial charge >= 0.3 is 0 Å². The molecule has 68 heavy (non-hydrogen) atoms. The zero-order valence-corrected chi connectivity index (χ0v) is 38.5. The first kappa shape index (κ1) is 38.8. The first-order valence-corrected chi connectivity index (χ1v) is 23.9. The Bertz CT molecular complexity index is 4190. The molecule has 14 rings (SSSR count). The summed E-state index contributed by atoms with van der Waals surface area (Å²) in [6, 6.07) is 76.8. The molecule has 0 saturated heterocycles. The van der Waals surface area contributed by atoms with Crippen LogP contribution in [0.4, 0.5) is 0 Å². The molecular formula is C66H46N2. The van der Waals surface area contributed by atoms with Gasteiger partial charge in [-0.05, 0) is 128 Å². The smallest absolute Gasteiger partial charge is 0.0619 e. The molecule has 0 fully saturated rings. The normalized spacial score (nSPS) is 12.1. The van der Waals surface area contributed by atoms with Crippen molar-refractivity contribution in [3.63, 3.8) is 0 Å². The molecule has 0 atom stereocenters. The van der Waals surface area contributed by atoms with E-state index in [1.807, 2.05) is 0 Å². The molecule has 0 amide bonds. The fourth-order valence-electron chi connectivity index (χ4n) is 12.1. The lowest BCUT2D eigenvalue weighted by atomic mass is 9.89. The Kier molecular flexibility index (Phi) is 8.28. The van der Waals surface area contributed by atoms with Crippen LogP contribution in [-0.2, 0) is 0 Å². The number of aryl methyl sites for hydroxylation is 2. The molecule has 0 bridgehead atoms. The third-order valence-electron chi connectivity index (χ3n) is 15.5. The number of hydrogen-bond acceptors (Lipinski definition) is 0. The Hall–Kier alpha value is -8.46. The fourth-order valence-corrected chi connectivity index (χ4v) is 12.1. The Morgan fingerprint density at radius 1 is 0.265 bits per heavy atom. The molecule has 0 unspecified atom stereocenters. The Balaban J connectivity index is 1.07. The maximum absolute atomic E-state index is 2.57. The second-order valence-electron chi connectivity index (χ2n) is 18.9. The summed E-state index contributed by atoms with van der Waals surface area (Å²) in [5.74, 6) is 0. The fraction of sp³-hybridized carbons (Fsp3) is 0.0606. The largest absolute Gasteiger partial charge is 0.312 e. The van der Waals surface area contributed by atoms with Gasteiger partial charge in [0.25, 0.3) is 0 Å². The van der Waals surface area contributed by atoms with Gasteiger partial charge in [0.2, 0.25) is 0 Å². The van der Waals surface area contributed by atoms with E-state index in [1.165, 1.54) is 153 Å². The molecule has 0 spiro atoms. The van der Waals surface area contributed by atoms with Crippen LogP contribution in [0, 0.1) is 27.7 Å². The minimum atomic E-state index is 1.20. The lowest BCUT2D eigenvalue weighted by molar-refractivity contribution is 1.05. The van der Waals surface area contributed by atoms with Crippen LogP contribution in [0.1, 0.15) is 22.5 Å². The molecule has 2 aromatic heterocycles. The Morgan fingerprint density at radius 3 is 1.01 bits per heavy atom. The van der Waals surface area contributed by atoms with E-state index in [0.717, 1.165) is 0 Å². The molecule has 0 aliphatic heterocycles. The van der Waals surface area contributed by atoms with Crippen molar-refractivity contribution < 1.29 is 0 Å². The number of rotatable bonds is 4. The highest BCUT2D eigenvalue weighted by Gasteiger charge is 2.27. The van der Waals surface area contributed by atoms with E-state index in [0.29, 0.717) is 0 Å². The molecular weight excluding hydrogens is 821 g/mol. The van der Waals surface area contributed by atoms with E-state index in [4.69, 9.17) is 0 Å². The van der Waals surface area contributed by atoms with Gasteiger partial charge in [-0.1, -0.05) is 182 Å². The minimum absolute atomic E-state index is 1.20. The minimum Gasteiger partial charge on any atom is -0.312 e. The predicted molar refractivity (Wildman–Crippen MR) is 292 cm³/mol. The molecule has 14 aromatic rings. The van der Waals surface area contributed by atoms with E-state index in [1.54, 1.807) is 0 Å². The number of benzene rings is 12. The number of nitrogens with zero attached hydrogens (tertiary/aromatic N) is 2. The second kappa shape index (κ2) is 14.5. The van der Waals surface area contributed by atoms with E-state index < -0.39 is 0 Å². The first-order valence-electron chi connectivity index (χ1n) is 23.9. The number of fused-ring (bicyclic) bond motifs is 15. The van der Waals surface area contributed by atoms with Gasteiger partial charge in [0, 0.05) is 54.5 Å². The van der Waals surface area contributed by atoms with E-state index in [2.05, 4.69) is 243 Å². The first-order chi connectivity index (χ1) is 33.4. The lowest BCUT2D eigenvalue weighted by Gasteiger charge is -2.19. The van der Waals surface area contributed by atoms with Crippen LogP contribution in [0.25, 0.3) is 131 Å². The topological polar surface area (TPSA) is 9.86 Å². The number of aromatic nitrogens is 2. The molecule has 0 aliphatic rings. The molecule has 2 nitrogen and oxygen atoms in total. The average molecular weight is 867 g/mol. The van der Waals surface area contributed by atoms with Crippen molar-refractivity contribution >= 4 is 97.2 Å². The van der Waals surface area contributed by atoms with E-state index in [-0.39, 0.29) is 0 Å². The molecule has 320 valence electrons. The maximum Gasteiger partial charge on any atom is 0.0619 e. The van der Waals surface area contributed by atoms with Crippen LogP contribution in [0.3, 0.4) is 0 Å². The lowest BCUT2D eigenvalue weighted by Crippen LogP contribution is -2.00. The van der Waals surface area contributed by atoms with Crippen molar-refractivity contribution in [2.45, 2.75) is 27.7 Å². The summed E-state index contributed by atoms with van der Waals surface area (Å²) in [6.45, 7) is 9.33. The SMILES string of the molecule is Cc1c(C)n(-c2ccc(-c3ccc4ccccc4c3)c3ccccc23)c2c3ccccc3c3c4c(C)c(C)n(-c5ccc(-c6ccc7ccccc7c6)c6ccccc56)c4c4ccccc4c3c12. The standard InChI is InChI=1S/C66H46N2/c1-39-41(3)67(59-35-33-49(51-21-9-11-23-53(51)59)47-31-29-43-17-5-7-19-45(43)37-47)65-57-27-15-14-26-56(57)64-62-40(2)42(4)68(66(62)58-28-16-13-25-55(58)63(64)61(39)65)60-36-34-50(52-22-10-12-24-54(52)60)48-32-30-44-18-6-8-20-46(44)38-48/h5-38H,1-4H3. The van der Waals surface area contributed by atoms with Crippen LogP contribution in [0.2, 0.25) is 0 Å². The van der Waals surface area contributed by atoms with Gasteiger partial charge in [-0.25, -0.2) is 0 Å². The quantitative estimate of drug-likeness (QED) is 0.156. The molecule has 2 heteroatoms. The van der Waals surface area contributed by atoms with Crippen molar-refractivity contribution in [1.82, 2.24) is 9.13 Å². The third kappa shape index (κ3) is 5.34. The summed E-state index contributed by atoms with van der Waals surface area (Å²) in [7, 11) is 0. The van der Waals surface area contributed by atoms with Gasteiger partial charge in [-0.15, -0.1) is 0 Å². The van der Waals surface area contributed by atoms with E-state index >= 15 is 0 Å². The summed E-state index contributed by atoms with van der Waals surface area (Å²) in [5.41, 5.74) is 15.0. The van der Waals surface area contributed by atoms with Crippen molar-refractivity contribution in [1.29, 1.82) is 0 Å². The van der Waals surface area contributed by atoms with Gasteiger partial charge in [0.05, 0.1) is 22.4 Å². The summed E-state index contributed by atoms with van der Waals surface area (Å²) in [4.78, 5) is 0. The van der Waals surface area contributed by atoms with Gasteiger partial charge in [0.1, 0.15) is 0 Å². The highest BCUT2D eigenvalue weighted by molar-refractivity contribution is 6.40. The molecule has 2 heterocycles. The highest BCUT2D eigenvalue weighted by atomic mass is 15.0. The van der Waals surface area contributed by atoms with E-state index in [9.17, 15) is 0 Å². The second-order valence-corrected chi connectivity index (χ2v) is 18.9. The molecule has 0 radical (unpaired) electrons. The third-order valence-corrected chi connectivity index (χ3v) is 15.5. The van der Waals surface area contributed by atoms with Crippen LogP contribution in [0.5, 0.6) is 0 Å². The number of hydrogen-bond donors (Lipinski definition) is 0. The summed E-state index contributed by atoms with van der Waals surface area (Å²) in [6.07, 6.45) is 0. The highest BCUT2D eigenvalue weighted by Crippen LogP contribution is 2.50.